The monoisotopic (exact) mass is 394 g/mol. The summed E-state index contributed by atoms with van der Waals surface area (Å²) in [5, 5.41) is 2.87. The third-order valence-corrected chi connectivity index (χ3v) is 5.78. The van der Waals surface area contributed by atoms with E-state index in [1.807, 2.05) is 42.5 Å². The zero-order valence-corrected chi connectivity index (χ0v) is 16.8. The van der Waals surface area contributed by atoms with Crippen LogP contribution < -0.4 is 15.0 Å². The van der Waals surface area contributed by atoms with Crippen LogP contribution in [0.1, 0.15) is 12.5 Å². The number of carbonyl (C=O) groups is 2. The lowest BCUT2D eigenvalue weighted by molar-refractivity contribution is -0.132. The van der Waals surface area contributed by atoms with Crippen molar-refractivity contribution >= 4 is 17.6 Å². The number of piperazine rings is 1. The smallest absolute Gasteiger partial charge is 0.326 e. The number of hydrogen-bond acceptors (Lipinski definition) is 5. The first-order valence-electron chi connectivity index (χ1n) is 9.82. The van der Waals surface area contributed by atoms with Crippen LogP contribution in [0.3, 0.4) is 0 Å². The molecular formula is C22H26N4O3. The predicted octanol–water partition coefficient (Wildman–Crippen LogP) is 2.24. The first-order valence-corrected chi connectivity index (χ1v) is 9.82. The number of anilines is 1. The highest BCUT2D eigenvalue weighted by Gasteiger charge is 2.49. The molecule has 152 valence electrons. The molecule has 2 aromatic carbocycles. The minimum absolute atomic E-state index is 0.203. The summed E-state index contributed by atoms with van der Waals surface area (Å²) < 4.78 is 5.21. The van der Waals surface area contributed by atoms with Gasteiger partial charge in [-0.1, -0.05) is 30.3 Å². The fourth-order valence-corrected chi connectivity index (χ4v) is 3.93. The third kappa shape index (κ3) is 3.65. The molecule has 7 nitrogen and oxygen atoms in total. The summed E-state index contributed by atoms with van der Waals surface area (Å²) >= 11 is 0. The maximum absolute atomic E-state index is 13.1. The number of benzene rings is 2. The summed E-state index contributed by atoms with van der Waals surface area (Å²) in [6, 6.07) is 17.1. The van der Waals surface area contributed by atoms with Gasteiger partial charge in [0, 0.05) is 31.9 Å². The van der Waals surface area contributed by atoms with Crippen LogP contribution in [0.15, 0.2) is 54.6 Å². The van der Waals surface area contributed by atoms with Gasteiger partial charge in [-0.05, 0) is 36.8 Å². The Bertz CT molecular complexity index is 879. The number of rotatable bonds is 5. The van der Waals surface area contributed by atoms with E-state index in [1.54, 1.807) is 14.0 Å². The fraction of sp³-hybridized carbons (Fsp3) is 0.364. The van der Waals surface area contributed by atoms with Gasteiger partial charge < -0.3 is 15.0 Å². The molecule has 29 heavy (non-hydrogen) atoms. The molecule has 0 spiro atoms. The van der Waals surface area contributed by atoms with Gasteiger partial charge in [-0.3, -0.25) is 9.69 Å². The molecule has 2 heterocycles. The van der Waals surface area contributed by atoms with E-state index in [0.29, 0.717) is 6.67 Å². The van der Waals surface area contributed by atoms with Crippen molar-refractivity contribution in [3.63, 3.8) is 0 Å². The Kier molecular flexibility index (Phi) is 5.15. The molecule has 0 aromatic heterocycles. The second-order valence-corrected chi connectivity index (χ2v) is 7.60. The Morgan fingerprint density at radius 2 is 1.62 bits per heavy atom. The quantitative estimate of drug-likeness (QED) is 0.788. The Balaban J connectivity index is 1.38. The minimum atomic E-state index is -1.01. The van der Waals surface area contributed by atoms with E-state index in [1.165, 1.54) is 4.90 Å². The van der Waals surface area contributed by atoms with Gasteiger partial charge in [-0.2, -0.15) is 0 Å². The highest BCUT2D eigenvalue weighted by Crippen LogP contribution is 2.29. The van der Waals surface area contributed by atoms with E-state index in [-0.39, 0.29) is 11.9 Å². The lowest BCUT2D eigenvalue weighted by Crippen LogP contribution is -2.51. The highest BCUT2D eigenvalue weighted by molar-refractivity contribution is 6.07. The zero-order chi connectivity index (χ0) is 20.4. The molecule has 1 unspecified atom stereocenters. The Morgan fingerprint density at radius 3 is 2.24 bits per heavy atom. The number of methoxy groups -OCH3 is 1. The summed E-state index contributed by atoms with van der Waals surface area (Å²) in [6.45, 7) is 5.32. The van der Waals surface area contributed by atoms with Crippen LogP contribution in [-0.2, 0) is 10.3 Å². The summed E-state index contributed by atoms with van der Waals surface area (Å²) in [5.74, 6) is 0.638. The Hall–Kier alpha value is -3.06. The average molecular weight is 394 g/mol. The van der Waals surface area contributed by atoms with Crippen LogP contribution in [0.2, 0.25) is 0 Å². The maximum atomic E-state index is 13.1. The lowest BCUT2D eigenvalue weighted by Gasteiger charge is -2.37. The van der Waals surface area contributed by atoms with Gasteiger partial charge in [0.15, 0.2) is 0 Å². The van der Waals surface area contributed by atoms with Gasteiger partial charge in [-0.15, -0.1) is 0 Å². The molecule has 0 aliphatic carbocycles. The average Bonchev–Trinajstić information content (AvgIpc) is 2.99. The minimum Gasteiger partial charge on any atom is -0.497 e. The molecule has 4 rings (SSSR count). The van der Waals surface area contributed by atoms with Crippen molar-refractivity contribution in [2.45, 2.75) is 12.5 Å². The van der Waals surface area contributed by atoms with E-state index in [2.05, 4.69) is 27.2 Å². The molecule has 2 aliphatic rings. The number of hydrogen-bond donors (Lipinski definition) is 1. The normalized spacial score (nSPS) is 22.7. The number of nitrogens with zero attached hydrogens (tertiary/aromatic N) is 3. The number of amides is 3. The van der Waals surface area contributed by atoms with E-state index in [9.17, 15) is 9.59 Å². The summed E-state index contributed by atoms with van der Waals surface area (Å²) in [7, 11) is 1.66. The van der Waals surface area contributed by atoms with Gasteiger partial charge in [-0.25, -0.2) is 9.69 Å². The van der Waals surface area contributed by atoms with Crippen molar-refractivity contribution < 1.29 is 14.3 Å². The van der Waals surface area contributed by atoms with Gasteiger partial charge in [0.25, 0.3) is 5.91 Å². The number of ether oxygens (including phenoxy) is 1. The fourth-order valence-electron chi connectivity index (χ4n) is 3.93. The van der Waals surface area contributed by atoms with Crippen molar-refractivity contribution in [1.29, 1.82) is 0 Å². The van der Waals surface area contributed by atoms with E-state index >= 15 is 0 Å². The maximum Gasteiger partial charge on any atom is 0.326 e. The van der Waals surface area contributed by atoms with Crippen LogP contribution in [0.4, 0.5) is 10.5 Å². The number of urea groups is 1. The van der Waals surface area contributed by atoms with Crippen LogP contribution in [-0.4, -0.2) is 61.7 Å². The molecule has 2 saturated heterocycles. The van der Waals surface area contributed by atoms with Crippen molar-refractivity contribution in [3.8, 4) is 5.75 Å². The molecule has 7 heteroatoms. The molecule has 0 saturated carbocycles. The molecule has 2 aromatic rings. The number of carbonyl (C=O) groups excluding carboxylic acids is 2. The zero-order valence-electron chi connectivity index (χ0n) is 16.8. The van der Waals surface area contributed by atoms with Crippen LogP contribution in [0.5, 0.6) is 5.75 Å². The van der Waals surface area contributed by atoms with Crippen molar-refractivity contribution in [2.75, 3.05) is 44.9 Å². The first-order chi connectivity index (χ1) is 14.0. The van der Waals surface area contributed by atoms with E-state index in [4.69, 9.17) is 4.74 Å². The third-order valence-electron chi connectivity index (χ3n) is 5.78. The van der Waals surface area contributed by atoms with E-state index < -0.39 is 5.54 Å². The van der Waals surface area contributed by atoms with Gasteiger partial charge in [0.2, 0.25) is 0 Å². The number of imide groups is 1. The van der Waals surface area contributed by atoms with Crippen LogP contribution >= 0.6 is 0 Å². The lowest BCUT2D eigenvalue weighted by atomic mass is 9.92. The Labute approximate surface area is 170 Å². The summed E-state index contributed by atoms with van der Waals surface area (Å²) in [4.78, 5) is 31.4. The van der Waals surface area contributed by atoms with Crippen molar-refractivity contribution in [1.82, 2.24) is 15.1 Å². The standard InChI is InChI=1S/C22H26N4O3/c1-22(17-6-4-3-5-7-17)20(27)26(21(28)23-22)16-24-12-14-25(15-13-24)18-8-10-19(29-2)11-9-18/h3-11H,12-16H2,1-2H3,(H,23,28). The molecule has 2 fully saturated rings. The summed E-state index contributed by atoms with van der Waals surface area (Å²) in [6.07, 6.45) is 0. The molecular weight excluding hydrogens is 368 g/mol. The highest BCUT2D eigenvalue weighted by atomic mass is 16.5. The van der Waals surface area contributed by atoms with Gasteiger partial charge in [0.1, 0.15) is 11.3 Å². The largest absolute Gasteiger partial charge is 0.497 e. The second-order valence-electron chi connectivity index (χ2n) is 7.60. The molecule has 1 N–H and O–H groups in total. The second kappa shape index (κ2) is 7.75. The van der Waals surface area contributed by atoms with Crippen LogP contribution in [0.25, 0.3) is 0 Å². The molecule has 2 aliphatic heterocycles. The molecule has 0 bridgehead atoms. The van der Waals surface area contributed by atoms with Crippen LogP contribution in [0, 0.1) is 0 Å². The molecule has 3 amide bonds. The van der Waals surface area contributed by atoms with Crippen molar-refractivity contribution in [3.05, 3.63) is 60.2 Å². The molecule has 0 radical (unpaired) electrons. The molecule has 1 atom stereocenters. The van der Waals surface area contributed by atoms with Gasteiger partial charge >= 0.3 is 6.03 Å². The Morgan fingerprint density at radius 1 is 0.966 bits per heavy atom. The van der Waals surface area contributed by atoms with Gasteiger partial charge in [0.05, 0.1) is 13.8 Å². The number of nitrogens with one attached hydrogen (secondary N) is 1. The van der Waals surface area contributed by atoms with Crippen molar-refractivity contribution in [2.24, 2.45) is 0 Å². The predicted molar refractivity (Wildman–Crippen MR) is 111 cm³/mol. The van der Waals surface area contributed by atoms with E-state index in [0.717, 1.165) is 43.2 Å². The SMILES string of the molecule is COc1ccc(N2CCN(CN3C(=O)NC(C)(c4ccccc4)C3=O)CC2)cc1. The topological polar surface area (TPSA) is 65.1 Å². The summed E-state index contributed by atoms with van der Waals surface area (Å²) in [5.41, 5.74) is 0.936. The first kappa shape index (κ1) is 19.3.